The minimum atomic E-state index is 0.319. The Morgan fingerprint density at radius 1 is 0.457 bits per heavy atom. The minimum absolute atomic E-state index is 0.319. The van der Waals surface area contributed by atoms with E-state index >= 15 is 0 Å². The summed E-state index contributed by atoms with van der Waals surface area (Å²) in [4.78, 5) is 11.4. The van der Waals surface area contributed by atoms with E-state index in [9.17, 15) is 4.79 Å². The smallest absolute Gasteiger partial charge is 0.123 e. The molecule has 0 bridgehead atoms. The van der Waals surface area contributed by atoms with E-state index in [2.05, 4.69) is 50.3 Å². The lowest BCUT2D eigenvalue weighted by atomic mass is 9.95. The van der Waals surface area contributed by atoms with Gasteiger partial charge in [0.05, 0.1) is 0 Å². The summed E-state index contributed by atoms with van der Waals surface area (Å²) in [6, 6.07) is 0. The molecule has 1 atom stereocenters. The Labute approximate surface area is 221 Å². The second-order valence-corrected chi connectivity index (χ2v) is 10.6. The molecule has 0 heterocycles. The van der Waals surface area contributed by atoms with Crippen LogP contribution >= 0.6 is 0 Å². The highest BCUT2D eigenvalue weighted by Crippen LogP contribution is 2.18. The number of carbonyl (C=O) groups excluding carboxylic acids is 1. The van der Waals surface area contributed by atoms with Gasteiger partial charge in [-0.1, -0.05) is 159 Å². The van der Waals surface area contributed by atoms with Gasteiger partial charge in [-0.3, -0.25) is 0 Å². The first-order valence-electron chi connectivity index (χ1n) is 15.7. The minimum Gasteiger partial charge on any atom is -0.303 e. The molecule has 0 aliphatic rings. The van der Waals surface area contributed by atoms with Gasteiger partial charge < -0.3 is 4.79 Å². The Morgan fingerprint density at radius 2 is 0.857 bits per heavy atom. The quantitative estimate of drug-likeness (QED) is 0.0610. The molecular weight excluding hydrogens is 424 g/mol. The molecule has 204 valence electrons. The molecule has 0 saturated carbocycles. The molecule has 0 amide bonds. The van der Waals surface area contributed by atoms with Crippen LogP contribution in [0.1, 0.15) is 168 Å². The standard InChI is InChI=1S/C34H62O/c1-3-5-7-9-11-13-15-17-18-19-20-22-24-26-28-30-32-34(33-35)31-29-27-25-23-21-16-14-12-10-8-6-4-2/h5,7,11,13,17-18,33-34H,3-4,6,8-10,12,14-16,19-32H2,1-2H3. The van der Waals surface area contributed by atoms with Crippen LogP contribution in [0.2, 0.25) is 0 Å². The largest absolute Gasteiger partial charge is 0.303 e. The molecule has 0 N–H and O–H groups in total. The van der Waals surface area contributed by atoms with Crippen molar-refractivity contribution in [2.75, 3.05) is 0 Å². The molecule has 0 rings (SSSR count). The molecule has 1 heteroatoms. The number of unbranched alkanes of at least 4 members (excludes halogenated alkanes) is 17. The summed E-state index contributed by atoms with van der Waals surface area (Å²) in [5, 5.41) is 0. The van der Waals surface area contributed by atoms with Crippen molar-refractivity contribution in [3.63, 3.8) is 0 Å². The fraction of sp³-hybridized carbons (Fsp3) is 0.794. The molecule has 0 radical (unpaired) electrons. The Balaban J connectivity index is 3.37. The van der Waals surface area contributed by atoms with Crippen molar-refractivity contribution in [1.82, 2.24) is 0 Å². The van der Waals surface area contributed by atoms with Crippen molar-refractivity contribution < 1.29 is 4.79 Å². The van der Waals surface area contributed by atoms with Gasteiger partial charge in [0.2, 0.25) is 0 Å². The van der Waals surface area contributed by atoms with Crippen LogP contribution in [0.4, 0.5) is 0 Å². The van der Waals surface area contributed by atoms with Crippen molar-refractivity contribution in [2.24, 2.45) is 5.92 Å². The highest BCUT2D eigenvalue weighted by atomic mass is 16.1. The van der Waals surface area contributed by atoms with E-state index in [1.807, 2.05) is 0 Å². The summed E-state index contributed by atoms with van der Waals surface area (Å²) in [5.41, 5.74) is 0. The summed E-state index contributed by atoms with van der Waals surface area (Å²) < 4.78 is 0. The number of allylic oxidation sites excluding steroid dienone is 6. The summed E-state index contributed by atoms with van der Waals surface area (Å²) >= 11 is 0. The summed E-state index contributed by atoms with van der Waals surface area (Å²) in [5.74, 6) is 0.319. The predicted octanol–water partition coefficient (Wildman–Crippen LogP) is 11.9. The molecule has 0 fully saturated rings. The first-order chi connectivity index (χ1) is 17.3. The lowest BCUT2D eigenvalue weighted by Crippen LogP contribution is -2.02. The number of hydrogen-bond donors (Lipinski definition) is 0. The molecule has 0 aliphatic heterocycles. The van der Waals surface area contributed by atoms with Crippen LogP contribution in [0.15, 0.2) is 36.5 Å². The molecule has 1 nitrogen and oxygen atoms in total. The van der Waals surface area contributed by atoms with Gasteiger partial charge >= 0.3 is 0 Å². The van der Waals surface area contributed by atoms with Crippen LogP contribution in [0.5, 0.6) is 0 Å². The van der Waals surface area contributed by atoms with E-state index in [0.29, 0.717) is 5.92 Å². The first-order valence-corrected chi connectivity index (χ1v) is 15.7. The van der Waals surface area contributed by atoms with Crippen molar-refractivity contribution in [1.29, 1.82) is 0 Å². The number of hydrogen-bond acceptors (Lipinski definition) is 1. The number of aldehydes is 1. The summed E-state index contributed by atoms with van der Waals surface area (Å²) in [7, 11) is 0. The first kappa shape index (κ1) is 33.9. The van der Waals surface area contributed by atoms with E-state index in [0.717, 1.165) is 32.1 Å². The van der Waals surface area contributed by atoms with Crippen LogP contribution in [0.25, 0.3) is 0 Å². The van der Waals surface area contributed by atoms with Gasteiger partial charge in [0.1, 0.15) is 6.29 Å². The zero-order chi connectivity index (χ0) is 25.5. The molecule has 35 heavy (non-hydrogen) atoms. The summed E-state index contributed by atoms with van der Waals surface area (Å²) in [6.45, 7) is 4.46. The molecular formula is C34H62O. The van der Waals surface area contributed by atoms with Crippen LogP contribution < -0.4 is 0 Å². The molecule has 0 spiro atoms. The molecule has 0 aromatic rings. The summed E-state index contributed by atoms with van der Waals surface area (Å²) in [6.07, 6.45) is 46.1. The molecule has 0 aliphatic carbocycles. The van der Waals surface area contributed by atoms with E-state index in [1.165, 1.54) is 128 Å². The van der Waals surface area contributed by atoms with Crippen molar-refractivity contribution in [2.45, 2.75) is 168 Å². The van der Waals surface area contributed by atoms with E-state index in [-0.39, 0.29) is 0 Å². The maximum Gasteiger partial charge on any atom is 0.123 e. The number of carbonyl (C=O) groups is 1. The third-order valence-electron chi connectivity index (χ3n) is 7.10. The van der Waals surface area contributed by atoms with Gasteiger partial charge in [0.25, 0.3) is 0 Å². The molecule has 0 aromatic heterocycles. The fourth-order valence-electron chi connectivity index (χ4n) is 4.73. The average Bonchev–Trinajstić information content (AvgIpc) is 2.87. The van der Waals surface area contributed by atoms with Gasteiger partial charge in [-0.15, -0.1) is 0 Å². The van der Waals surface area contributed by atoms with Crippen molar-refractivity contribution in [3.05, 3.63) is 36.5 Å². The average molecular weight is 487 g/mol. The highest BCUT2D eigenvalue weighted by Gasteiger charge is 2.06. The van der Waals surface area contributed by atoms with E-state index in [1.54, 1.807) is 0 Å². The van der Waals surface area contributed by atoms with Gasteiger partial charge in [0, 0.05) is 5.92 Å². The van der Waals surface area contributed by atoms with Gasteiger partial charge in [0.15, 0.2) is 0 Å². The third-order valence-corrected chi connectivity index (χ3v) is 7.10. The van der Waals surface area contributed by atoms with Gasteiger partial charge in [-0.05, 0) is 44.9 Å². The molecule has 1 unspecified atom stereocenters. The monoisotopic (exact) mass is 486 g/mol. The van der Waals surface area contributed by atoms with Gasteiger partial charge in [-0.25, -0.2) is 0 Å². The maximum absolute atomic E-state index is 11.4. The van der Waals surface area contributed by atoms with E-state index < -0.39 is 0 Å². The number of rotatable bonds is 28. The second kappa shape index (κ2) is 30.9. The topological polar surface area (TPSA) is 17.1 Å². The fourth-order valence-corrected chi connectivity index (χ4v) is 4.73. The second-order valence-electron chi connectivity index (χ2n) is 10.6. The van der Waals surface area contributed by atoms with Crippen LogP contribution in [0, 0.1) is 5.92 Å². The third kappa shape index (κ3) is 29.0. The zero-order valence-electron chi connectivity index (χ0n) is 24.0. The Bertz CT molecular complexity index is 487. The van der Waals surface area contributed by atoms with Crippen LogP contribution in [0.3, 0.4) is 0 Å². The Kier molecular flexibility index (Phi) is 29.9. The lowest BCUT2D eigenvalue weighted by molar-refractivity contribution is -0.111. The van der Waals surface area contributed by atoms with E-state index in [4.69, 9.17) is 0 Å². The van der Waals surface area contributed by atoms with Gasteiger partial charge in [-0.2, -0.15) is 0 Å². The van der Waals surface area contributed by atoms with Crippen molar-refractivity contribution in [3.8, 4) is 0 Å². The van der Waals surface area contributed by atoms with Crippen molar-refractivity contribution >= 4 is 6.29 Å². The maximum atomic E-state index is 11.4. The molecule has 0 saturated heterocycles. The lowest BCUT2D eigenvalue weighted by Gasteiger charge is -2.10. The predicted molar refractivity (Wildman–Crippen MR) is 159 cm³/mol. The Morgan fingerprint density at radius 3 is 1.31 bits per heavy atom. The normalized spacial score (nSPS) is 13.0. The molecule has 0 aromatic carbocycles. The zero-order valence-corrected chi connectivity index (χ0v) is 24.0. The highest BCUT2D eigenvalue weighted by molar-refractivity contribution is 5.53. The van der Waals surface area contributed by atoms with Crippen LogP contribution in [-0.2, 0) is 4.79 Å². The van der Waals surface area contributed by atoms with Crippen LogP contribution in [-0.4, -0.2) is 6.29 Å². The SMILES string of the molecule is CCC=CCC=CCC=CCCCCCCCCC(C=O)CCCCCCCCCCCCCC. The Hall–Kier alpha value is -1.11.